The van der Waals surface area contributed by atoms with E-state index in [2.05, 4.69) is 31.9 Å². The van der Waals surface area contributed by atoms with E-state index >= 15 is 0 Å². The molecule has 116 valence electrons. The number of benzene rings is 1. The first kappa shape index (κ1) is 14.0. The molecule has 2 saturated heterocycles. The van der Waals surface area contributed by atoms with Gasteiger partial charge >= 0.3 is 0 Å². The van der Waals surface area contributed by atoms with Crippen molar-refractivity contribution in [3.63, 3.8) is 0 Å². The molecule has 0 radical (unpaired) electrons. The molecule has 5 heteroatoms. The minimum Gasteiger partial charge on any atom is -0.352 e. The first-order valence-corrected chi connectivity index (χ1v) is 9.51. The van der Waals surface area contributed by atoms with Gasteiger partial charge in [0, 0.05) is 11.0 Å². The average Bonchev–Trinajstić information content (AvgIpc) is 2.77. The van der Waals surface area contributed by atoms with Gasteiger partial charge in [-0.25, -0.2) is 0 Å². The van der Waals surface area contributed by atoms with Crippen LogP contribution in [0.15, 0.2) is 30.3 Å². The fourth-order valence-electron chi connectivity index (χ4n) is 5.13. The molecular weight excluding hydrogens is 410 g/mol. The highest BCUT2D eigenvalue weighted by Gasteiger charge is 2.92. The van der Waals surface area contributed by atoms with Crippen LogP contribution >= 0.6 is 31.9 Å². The topological polar surface area (TPSA) is 29.5 Å². The standard InChI is InChI=1S/C17H17Br2NO2/c18-17(19)15(7-4-8-15)16(17)9-12-10-22-13(20(12)14(16)21)11-5-2-1-3-6-11/h1-3,5-6,12-13H,4,7-10H2/t12?,13?,16-/m1/s1. The first-order chi connectivity index (χ1) is 10.6. The van der Waals surface area contributed by atoms with E-state index in [1.807, 2.05) is 35.2 Å². The van der Waals surface area contributed by atoms with Gasteiger partial charge in [0.2, 0.25) is 5.91 Å². The van der Waals surface area contributed by atoms with E-state index in [-0.39, 0.29) is 32.2 Å². The summed E-state index contributed by atoms with van der Waals surface area (Å²) >= 11 is 7.71. The summed E-state index contributed by atoms with van der Waals surface area (Å²) in [6.07, 6.45) is 4.22. The van der Waals surface area contributed by atoms with Crippen molar-refractivity contribution < 1.29 is 9.53 Å². The third-order valence-electron chi connectivity index (χ3n) is 6.42. The highest BCUT2D eigenvalue weighted by atomic mass is 79.9. The van der Waals surface area contributed by atoms with Crippen molar-refractivity contribution in [3.05, 3.63) is 35.9 Å². The SMILES string of the molecule is O=C1N2C(COC2c2ccccc2)C[C@@]12C(Br)(Br)C21CCC1. The molecule has 2 unspecified atom stereocenters. The number of amides is 1. The van der Waals surface area contributed by atoms with Gasteiger partial charge in [-0.1, -0.05) is 68.6 Å². The third kappa shape index (κ3) is 1.29. The van der Waals surface area contributed by atoms with Crippen molar-refractivity contribution in [1.29, 1.82) is 0 Å². The van der Waals surface area contributed by atoms with Gasteiger partial charge < -0.3 is 9.64 Å². The fourth-order valence-corrected chi connectivity index (χ4v) is 7.82. The van der Waals surface area contributed by atoms with E-state index < -0.39 is 0 Å². The zero-order valence-corrected chi connectivity index (χ0v) is 15.3. The van der Waals surface area contributed by atoms with Crippen molar-refractivity contribution in [2.24, 2.45) is 10.8 Å². The van der Waals surface area contributed by atoms with Crippen molar-refractivity contribution >= 4 is 37.8 Å². The van der Waals surface area contributed by atoms with E-state index in [0.717, 1.165) is 24.8 Å². The molecule has 2 spiro atoms. The van der Waals surface area contributed by atoms with Crippen LogP contribution in [0.3, 0.4) is 0 Å². The molecule has 4 fully saturated rings. The van der Waals surface area contributed by atoms with Crippen LogP contribution in [0.1, 0.15) is 37.5 Å². The molecule has 0 aromatic heterocycles. The van der Waals surface area contributed by atoms with E-state index in [9.17, 15) is 4.79 Å². The quantitative estimate of drug-likeness (QED) is 0.635. The van der Waals surface area contributed by atoms with E-state index in [4.69, 9.17) is 4.74 Å². The molecular formula is C17H17Br2NO2. The summed E-state index contributed by atoms with van der Waals surface area (Å²) in [6, 6.07) is 10.3. The molecule has 1 aromatic rings. The molecule has 5 rings (SSSR count). The predicted molar refractivity (Wildman–Crippen MR) is 89.7 cm³/mol. The first-order valence-electron chi connectivity index (χ1n) is 7.92. The second kappa shape index (κ2) is 4.17. The minimum atomic E-state index is -0.264. The second-order valence-electron chi connectivity index (χ2n) is 7.08. The van der Waals surface area contributed by atoms with Gasteiger partial charge in [0.15, 0.2) is 6.23 Å². The van der Waals surface area contributed by atoms with E-state index in [0.29, 0.717) is 6.61 Å². The Morgan fingerprint density at radius 2 is 1.91 bits per heavy atom. The Morgan fingerprint density at radius 1 is 1.18 bits per heavy atom. The number of hydrogen-bond donors (Lipinski definition) is 0. The summed E-state index contributed by atoms with van der Waals surface area (Å²) in [5.41, 5.74) is 0.941. The molecule has 2 heterocycles. The zero-order valence-electron chi connectivity index (χ0n) is 12.1. The van der Waals surface area contributed by atoms with Gasteiger partial charge in [0.1, 0.15) is 3.23 Å². The van der Waals surface area contributed by atoms with Crippen LogP contribution in [-0.4, -0.2) is 26.7 Å². The lowest BCUT2D eigenvalue weighted by Crippen LogP contribution is -2.35. The predicted octanol–water partition coefficient (Wildman–Crippen LogP) is 3.97. The average molecular weight is 427 g/mol. The van der Waals surface area contributed by atoms with Gasteiger partial charge in [0.25, 0.3) is 0 Å². The van der Waals surface area contributed by atoms with Crippen LogP contribution in [0.4, 0.5) is 0 Å². The number of rotatable bonds is 1. The van der Waals surface area contributed by atoms with Gasteiger partial charge in [-0.3, -0.25) is 4.79 Å². The summed E-state index contributed by atoms with van der Waals surface area (Å²) in [6.45, 7) is 0.652. The Labute approximate surface area is 146 Å². The third-order valence-corrected chi connectivity index (χ3v) is 9.29. The Hall–Kier alpha value is -0.390. The van der Waals surface area contributed by atoms with Gasteiger partial charge in [-0.05, 0) is 19.3 Å². The van der Waals surface area contributed by atoms with Crippen molar-refractivity contribution in [1.82, 2.24) is 4.90 Å². The molecule has 2 aliphatic heterocycles. The molecule has 22 heavy (non-hydrogen) atoms. The molecule has 0 N–H and O–H groups in total. The van der Waals surface area contributed by atoms with Crippen molar-refractivity contribution in [3.8, 4) is 0 Å². The summed E-state index contributed by atoms with van der Waals surface area (Å²) in [4.78, 5) is 15.4. The number of halogens is 2. The van der Waals surface area contributed by atoms with Gasteiger partial charge in [-0.2, -0.15) is 0 Å². The van der Waals surface area contributed by atoms with Crippen molar-refractivity contribution in [2.45, 2.75) is 41.2 Å². The number of ether oxygens (including phenoxy) is 1. The molecule has 1 amide bonds. The van der Waals surface area contributed by atoms with Crippen LogP contribution in [-0.2, 0) is 9.53 Å². The Kier molecular flexibility index (Phi) is 2.65. The maximum Gasteiger partial charge on any atom is 0.234 e. The van der Waals surface area contributed by atoms with Crippen LogP contribution < -0.4 is 0 Å². The summed E-state index contributed by atoms with van der Waals surface area (Å²) in [7, 11) is 0. The van der Waals surface area contributed by atoms with Crippen LogP contribution in [0.2, 0.25) is 0 Å². The minimum absolute atomic E-state index is 0.128. The second-order valence-corrected chi connectivity index (χ2v) is 10.5. The lowest BCUT2D eigenvalue weighted by Gasteiger charge is -2.30. The molecule has 0 bridgehead atoms. The molecule has 3 nitrogen and oxygen atoms in total. The maximum atomic E-state index is 13.4. The largest absolute Gasteiger partial charge is 0.352 e. The fraction of sp³-hybridized carbons (Fsp3) is 0.588. The molecule has 2 aliphatic carbocycles. The molecule has 4 aliphatic rings. The zero-order chi connectivity index (χ0) is 15.2. The molecule has 2 saturated carbocycles. The van der Waals surface area contributed by atoms with Gasteiger partial charge in [0.05, 0.1) is 18.1 Å². The number of fused-ring (bicyclic) bond motifs is 2. The monoisotopic (exact) mass is 425 g/mol. The Bertz CT molecular complexity index is 658. The number of carbonyl (C=O) groups excluding carboxylic acids is 1. The number of hydrogen-bond acceptors (Lipinski definition) is 2. The Balaban J connectivity index is 1.53. The Morgan fingerprint density at radius 3 is 2.50 bits per heavy atom. The van der Waals surface area contributed by atoms with Crippen molar-refractivity contribution in [2.75, 3.05) is 6.61 Å². The number of alkyl halides is 2. The van der Waals surface area contributed by atoms with Gasteiger partial charge in [-0.15, -0.1) is 0 Å². The highest BCUT2D eigenvalue weighted by Crippen LogP contribution is 2.90. The maximum absolute atomic E-state index is 13.4. The van der Waals surface area contributed by atoms with Crippen LogP contribution in [0.25, 0.3) is 0 Å². The number of carbonyl (C=O) groups is 1. The smallest absolute Gasteiger partial charge is 0.234 e. The van der Waals surface area contributed by atoms with Crippen LogP contribution in [0, 0.1) is 10.8 Å². The molecule has 1 aromatic carbocycles. The summed E-state index contributed by atoms with van der Waals surface area (Å²) in [5.74, 6) is 0.275. The highest BCUT2D eigenvalue weighted by molar-refractivity contribution is 9.25. The summed E-state index contributed by atoms with van der Waals surface area (Å²) in [5, 5.41) is 0. The normalized spacial score (nSPS) is 40.1. The lowest BCUT2D eigenvalue weighted by atomic mass is 9.74. The summed E-state index contributed by atoms with van der Waals surface area (Å²) < 4.78 is 5.75. The molecule has 3 atom stereocenters. The van der Waals surface area contributed by atoms with E-state index in [1.165, 1.54) is 6.42 Å². The lowest BCUT2D eigenvalue weighted by molar-refractivity contribution is -0.140. The number of nitrogens with zero attached hydrogens (tertiary/aromatic N) is 1. The van der Waals surface area contributed by atoms with Crippen LogP contribution in [0.5, 0.6) is 0 Å². The van der Waals surface area contributed by atoms with E-state index in [1.54, 1.807) is 0 Å².